The third-order valence-electron chi connectivity index (χ3n) is 0.264. The summed E-state index contributed by atoms with van der Waals surface area (Å²) in [6, 6.07) is 0. The Morgan fingerprint density at radius 2 is 2.00 bits per heavy atom. The highest BCUT2D eigenvalue weighted by molar-refractivity contribution is 8.53. The van der Waals surface area contributed by atoms with Crippen LogP contribution in [0.3, 0.4) is 0 Å². The van der Waals surface area contributed by atoms with Crippen LogP contribution in [0.2, 0.25) is 0 Å². The zero-order chi connectivity index (χ0) is 4.28. The minimum Gasteiger partial charge on any atom is -0.363 e. The van der Waals surface area contributed by atoms with Crippen molar-refractivity contribution in [1.29, 1.82) is 0 Å². The molecule has 0 aliphatic carbocycles. The van der Waals surface area contributed by atoms with Gasteiger partial charge in [0.2, 0.25) is 0 Å². The Morgan fingerprint density at radius 1 is 1.80 bits per heavy atom. The molecule has 5 heavy (non-hydrogen) atoms. The normalized spacial score (nSPS) is 15.0. The van der Waals surface area contributed by atoms with Crippen molar-refractivity contribution < 1.29 is 4.89 Å². The van der Waals surface area contributed by atoms with Gasteiger partial charge in [-0.25, -0.2) is 0 Å². The molecule has 0 aromatic rings. The second kappa shape index (κ2) is 2.95. The zero-order valence-electron chi connectivity index (χ0n) is 3.30. The molecule has 0 spiro atoms. The topological polar surface area (TPSA) is 20.2 Å². The van der Waals surface area contributed by atoms with E-state index < -0.39 is 7.35 Å². The lowest BCUT2D eigenvalue weighted by Gasteiger charge is -1.90. The quantitative estimate of drug-likeness (QED) is 0.513. The summed E-state index contributed by atoms with van der Waals surface area (Å²) in [5.41, 5.74) is 0. The SMILES string of the molecule is CSP(C)O. The Balaban J connectivity index is 2.54. The van der Waals surface area contributed by atoms with E-state index in [9.17, 15) is 0 Å². The van der Waals surface area contributed by atoms with Crippen molar-refractivity contribution >= 4 is 18.7 Å². The maximum absolute atomic E-state index is 8.39. The minimum absolute atomic E-state index is 0.682. The lowest BCUT2D eigenvalue weighted by Crippen LogP contribution is -1.49. The summed E-state index contributed by atoms with van der Waals surface area (Å²) in [6.45, 7) is 1.81. The van der Waals surface area contributed by atoms with Gasteiger partial charge in [-0.1, -0.05) is 0 Å². The fourth-order valence-corrected chi connectivity index (χ4v) is 0. The molecule has 0 aromatic carbocycles. The van der Waals surface area contributed by atoms with Gasteiger partial charge in [-0.15, -0.1) is 11.4 Å². The molecule has 0 saturated heterocycles. The molecule has 0 aliphatic heterocycles. The van der Waals surface area contributed by atoms with Crippen LogP contribution in [-0.2, 0) is 0 Å². The van der Waals surface area contributed by atoms with Crippen molar-refractivity contribution in [3.05, 3.63) is 0 Å². The Labute approximate surface area is 37.4 Å². The first kappa shape index (κ1) is 5.74. The maximum Gasteiger partial charge on any atom is 0.0813 e. The van der Waals surface area contributed by atoms with Gasteiger partial charge in [-0.2, -0.15) is 0 Å². The van der Waals surface area contributed by atoms with Crippen LogP contribution in [0.1, 0.15) is 0 Å². The van der Waals surface area contributed by atoms with Gasteiger partial charge in [0, 0.05) is 0 Å². The van der Waals surface area contributed by atoms with Crippen LogP contribution in [0, 0.1) is 0 Å². The van der Waals surface area contributed by atoms with E-state index in [1.165, 1.54) is 11.4 Å². The molecule has 1 nitrogen and oxygen atoms in total. The van der Waals surface area contributed by atoms with Gasteiger partial charge >= 0.3 is 0 Å². The zero-order valence-corrected chi connectivity index (χ0v) is 5.01. The average molecular weight is 110 g/mol. The molecular formula is C2H7OPS. The molecule has 0 amide bonds. The summed E-state index contributed by atoms with van der Waals surface area (Å²) >= 11 is 1.50. The first-order valence-corrected chi connectivity index (χ1v) is 4.81. The largest absolute Gasteiger partial charge is 0.363 e. The highest BCUT2D eigenvalue weighted by Gasteiger charge is 1.82. The molecule has 0 aliphatic rings. The smallest absolute Gasteiger partial charge is 0.0813 e. The Hall–Kier alpha value is 0.740. The molecule has 1 atom stereocenters. The van der Waals surface area contributed by atoms with Crippen LogP contribution in [0.5, 0.6) is 0 Å². The lowest BCUT2D eigenvalue weighted by atomic mass is 12.0. The van der Waals surface area contributed by atoms with Crippen molar-refractivity contribution in [2.75, 3.05) is 12.9 Å². The molecule has 0 heterocycles. The van der Waals surface area contributed by atoms with Gasteiger partial charge in [0.05, 0.1) is 7.35 Å². The Bertz CT molecular complexity index is 23.6. The molecule has 0 saturated carbocycles. The van der Waals surface area contributed by atoms with Crippen LogP contribution in [-0.4, -0.2) is 17.8 Å². The van der Waals surface area contributed by atoms with Gasteiger partial charge in [0.25, 0.3) is 0 Å². The van der Waals surface area contributed by atoms with E-state index in [4.69, 9.17) is 4.89 Å². The van der Waals surface area contributed by atoms with Crippen molar-refractivity contribution in [1.82, 2.24) is 0 Å². The van der Waals surface area contributed by atoms with E-state index in [-0.39, 0.29) is 0 Å². The summed E-state index contributed by atoms with van der Waals surface area (Å²) in [4.78, 5) is 8.39. The van der Waals surface area contributed by atoms with Crippen LogP contribution in [0.25, 0.3) is 0 Å². The molecule has 0 fully saturated rings. The average Bonchev–Trinajstić information content (AvgIpc) is 1.38. The minimum atomic E-state index is -0.682. The van der Waals surface area contributed by atoms with Crippen LogP contribution >= 0.6 is 18.7 Å². The predicted octanol–water partition coefficient (Wildman–Crippen LogP) is 1.28. The predicted molar refractivity (Wildman–Crippen MR) is 28.6 cm³/mol. The molecule has 1 N–H and O–H groups in total. The van der Waals surface area contributed by atoms with Crippen LogP contribution < -0.4 is 0 Å². The Kier molecular flexibility index (Phi) is 3.39. The number of hydrogen-bond donors (Lipinski definition) is 1. The van der Waals surface area contributed by atoms with Crippen LogP contribution in [0.15, 0.2) is 0 Å². The molecule has 3 heteroatoms. The van der Waals surface area contributed by atoms with E-state index in [2.05, 4.69) is 0 Å². The van der Waals surface area contributed by atoms with E-state index in [0.717, 1.165) is 0 Å². The third-order valence-corrected chi connectivity index (χ3v) is 2.38. The summed E-state index contributed by atoms with van der Waals surface area (Å²) in [5, 5.41) is 0. The molecule has 32 valence electrons. The van der Waals surface area contributed by atoms with Gasteiger partial charge < -0.3 is 4.89 Å². The van der Waals surface area contributed by atoms with Gasteiger partial charge in [0.1, 0.15) is 0 Å². The van der Waals surface area contributed by atoms with E-state index in [0.29, 0.717) is 0 Å². The number of hydrogen-bond acceptors (Lipinski definition) is 2. The molecule has 0 bridgehead atoms. The van der Waals surface area contributed by atoms with Crippen LogP contribution in [0.4, 0.5) is 0 Å². The van der Waals surface area contributed by atoms with Crippen molar-refractivity contribution in [2.45, 2.75) is 0 Å². The van der Waals surface area contributed by atoms with E-state index in [1.54, 1.807) is 6.66 Å². The second-order valence-corrected chi connectivity index (χ2v) is 4.62. The second-order valence-electron chi connectivity index (χ2n) is 0.647. The van der Waals surface area contributed by atoms with Crippen molar-refractivity contribution in [2.24, 2.45) is 0 Å². The highest BCUT2D eigenvalue weighted by atomic mass is 32.7. The van der Waals surface area contributed by atoms with Crippen molar-refractivity contribution in [3.8, 4) is 0 Å². The molecule has 1 unspecified atom stereocenters. The monoisotopic (exact) mass is 110 g/mol. The maximum atomic E-state index is 8.39. The van der Waals surface area contributed by atoms with Gasteiger partial charge in [0.15, 0.2) is 0 Å². The Morgan fingerprint density at radius 3 is 2.00 bits per heavy atom. The summed E-state index contributed by atoms with van der Waals surface area (Å²) < 4.78 is 0. The molecule has 0 aromatic heterocycles. The third kappa shape index (κ3) is 4.74. The fourth-order valence-electron chi connectivity index (χ4n) is 0. The molecular weight excluding hydrogens is 103 g/mol. The van der Waals surface area contributed by atoms with Crippen molar-refractivity contribution in [3.63, 3.8) is 0 Å². The van der Waals surface area contributed by atoms with E-state index in [1.807, 2.05) is 6.26 Å². The summed E-state index contributed by atoms with van der Waals surface area (Å²) in [6.07, 6.45) is 1.89. The molecule has 0 rings (SSSR count). The highest BCUT2D eigenvalue weighted by Crippen LogP contribution is 2.37. The lowest BCUT2D eigenvalue weighted by molar-refractivity contribution is 0.647. The summed E-state index contributed by atoms with van der Waals surface area (Å²) in [7, 11) is -0.682. The van der Waals surface area contributed by atoms with Gasteiger partial charge in [-0.3, -0.25) is 0 Å². The van der Waals surface area contributed by atoms with E-state index >= 15 is 0 Å². The first-order chi connectivity index (χ1) is 2.27. The first-order valence-electron chi connectivity index (χ1n) is 1.24. The molecule has 0 radical (unpaired) electrons. The number of rotatable bonds is 1. The van der Waals surface area contributed by atoms with Gasteiger partial charge in [-0.05, 0) is 12.9 Å². The standard InChI is InChI=1S/C2H7OPS/c1-4(3)5-2/h3H,1-2H3. The fraction of sp³-hybridized carbons (Fsp3) is 1.00. The summed E-state index contributed by atoms with van der Waals surface area (Å²) in [5.74, 6) is 0.